The molecule has 0 aliphatic rings. The summed E-state index contributed by atoms with van der Waals surface area (Å²) in [6.07, 6.45) is 0. The molecule has 5 rings (SSSR count). The van der Waals surface area contributed by atoms with Gasteiger partial charge in [-0.25, -0.2) is 0 Å². The predicted octanol–water partition coefficient (Wildman–Crippen LogP) is 6.63. The Bertz CT molecular complexity index is 1470. The third kappa shape index (κ3) is 3.81. The van der Waals surface area contributed by atoms with Crippen LogP contribution in [0.2, 0.25) is 0 Å². The predicted molar refractivity (Wildman–Crippen MR) is 141 cm³/mol. The van der Waals surface area contributed by atoms with Gasteiger partial charge in [-0.15, -0.1) is 0 Å². The lowest BCUT2D eigenvalue weighted by Crippen LogP contribution is -2.27. The van der Waals surface area contributed by atoms with Crippen LogP contribution in [-0.4, -0.2) is 11.5 Å². The number of fused-ring (bicyclic) bond motifs is 2. The topological polar surface area (TPSA) is 60.2 Å². The Kier molecular flexibility index (Phi) is 5.77. The molecule has 0 unspecified atom stereocenters. The summed E-state index contributed by atoms with van der Waals surface area (Å²) in [5, 5.41) is 16.9. The fourth-order valence-electron chi connectivity index (χ4n) is 4.82. The van der Waals surface area contributed by atoms with Crippen molar-refractivity contribution in [2.24, 2.45) is 0 Å². The maximum absolute atomic E-state index is 15.7. The van der Waals surface area contributed by atoms with E-state index in [1.54, 1.807) is 0 Å². The van der Waals surface area contributed by atoms with Crippen molar-refractivity contribution in [3.8, 4) is 0 Å². The molecule has 0 bridgehead atoms. The number of nitro groups is 1. The van der Waals surface area contributed by atoms with Crippen LogP contribution in [-0.2, 0) is 4.57 Å². The quantitative estimate of drug-likeness (QED) is 0.161. The minimum atomic E-state index is -3.56. The van der Waals surface area contributed by atoms with E-state index in [0.29, 0.717) is 16.2 Å². The minimum absolute atomic E-state index is 0.340. The molecule has 0 saturated carbocycles. The van der Waals surface area contributed by atoms with Gasteiger partial charge >= 0.3 is 0 Å². The monoisotopic (exact) mass is 465 g/mol. The van der Waals surface area contributed by atoms with E-state index in [-0.39, 0.29) is 4.92 Å². The van der Waals surface area contributed by atoms with Gasteiger partial charge in [-0.2, -0.15) is 0 Å². The Morgan fingerprint density at radius 1 is 0.706 bits per heavy atom. The highest BCUT2D eigenvalue weighted by atomic mass is 31.2. The molecule has 0 spiro atoms. The van der Waals surface area contributed by atoms with Gasteiger partial charge in [0, 0.05) is 15.5 Å². The SMILES string of the molecule is Cc1ccc([C@H](C[N+](=O)[O-])P(=O)(c2cccc3ccccc23)c2cccc3ccccc23)cc1. The van der Waals surface area contributed by atoms with E-state index < -0.39 is 19.3 Å². The number of aryl methyl sites for hydroxylation is 1. The molecule has 0 aliphatic heterocycles. The lowest BCUT2D eigenvalue weighted by atomic mass is 10.1. The molecule has 0 N–H and O–H groups in total. The molecule has 0 radical (unpaired) electrons. The van der Waals surface area contributed by atoms with Crippen LogP contribution in [0.25, 0.3) is 21.5 Å². The lowest BCUT2D eigenvalue weighted by Gasteiger charge is -2.29. The van der Waals surface area contributed by atoms with Crippen molar-refractivity contribution in [2.45, 2.75) is 12.6 Å². The largest absolute Gasteiger partial charge is 0.313 e. The van der Waals surface area contributed by atoms with Crippen molar-refractivity contribution in [2.75, 3.05) is 6.54 Å². The van der Waals surface area contributed by atoms with Gasteiger partial charge in [0.25, 0.3) is 0 Å². The summed E-state index contributed by atoms with van der Waals surface area (Å²) < 4.78 is 15.7. The van der Waals surface area contributed by atoms with Gasteiger partial charge in [-0.3, -0.25) is 10.1 Å². The molecule has 0 aliphatic carbocycles. The number of rotatable bonds is 6. The molecule has 34 heavy (non-hydrogen) atoms. The average Bonchev–Trinajstić information content (AvgIpc) is 2.86. The summed E-state index contributed by atoms with van der Waals surface area (Å²) in [7, 11) is -3.56. The van der Waals surface area contributed by atoms with Crippen LogP contribution in [0.3, 0.4) is 0 Å². The highest BCUT2D eigenvalue weighted by molar-refractivity contribution is 7.79. The van der Waals surface area contributed by atoms with Gasteiger partial charge in [-0.1, -0.05) is 115 Å². The van der Waals surface area contributed by atoms with Gasteiger partial charge in [0.15, 0.2) is 7.14 Å². The Hall–Kier alpha value is -3.75. The van der Waals surface area contributed by atoms with Crippen LogP contribution in [0.15, 0.2) is 109 Å². The second-order valence-corrected chi connectivity index (χ2v) is 11.5. The summed E-state index contributed by atoms with van der Waals surface area (Å²) in [5.41, 5.74) is 0.958. The van der Waals surface area contributed by atoms with E-state index in [0.717, 1.165) is 27.1 Å². The fraction of sp³-hybridized carbons (Fsp3) is 0.103. The molecule has 4 nitrogen and oxygen atoms in total. The van der Waals surface area contributed by atoms with Crippen LogP contribution in [0.1, 0.15) is 16.8 Å². The van der Waals surface area contributed by atoms with Crippen LogP contribution in [0, 0.1) is 17.0 Å². The van der Waals surface area contributed by atoms with Crippen molar-refractivity contribution in [1.29, 1.82) is 0 Å². The summed E-state index contributed by atoms with van der Waals surface area (Å²) in [6, 6.07) is 34.8. The first-order valence-electron chi connectivity index (χ1n) is 11.2. The number of nitrogens with zero attached hydrogens (tertiary/aromatic N) is 1. The molecule has 0 fully saturated rings. The first kappa shape index (κ1) is 22.1. The Balaban J connectivity index is 1.91. The van der Waals surface area contributed by atoms with E-state index >= 15 is 4.57 Å². The molecule has 0 aromatic heterocycles. The van der Waals surface area contributed by atoms with Crippen molar-refractivity contribution in [3.05, 3.63) is 130 Å². The van der Waals surface area contributed by atoms with Crippen molar-refractivity contribution in [1.82, 2.24) is 0 Å². The van der Waals surface area contributed by atoms with Gasteiger partial charge in [-0.05, 0) is 34.0 Å². The zero-order valence-electron chi connectivity index (χ0n) is 18.8. The highest BCUT2D eigenvalue weighted by Gasteiger charge is 2.42. The van der Waals surface area contributed by atoms with Gasteiger partial charge in [0.2, 0.25) is 6.54 Å². The standard InChI is InChI=1S/C29H24NO3P/c1-21-16-18-24(19-17-21)29(20-30(31)32)34(33,27-14-6-10-22-8-2-4-12-25(22)27)28-15-7-11-23-9-3-5-13-26(23)28/h2-19,29H,20H2,1H3/t29-/m0/s1. The first-order valence-corrected chi connectivity index (χ1v) is 13.0. The number of benzene rings is 5. The molecule has 5 aromatic carbocycles. The smallest absolute Gasteiger partial charge is 0.218 e. The molecule has 0 saturated heterocycles. The summed E-state index contributed by atoms with van der Waals surface area (Å²) in [4.78, 5) is 11.6. The molecule has 5 heteroatoms. The third-order valence-electron chi connectivity index (χ3n) is 6.47. The van der Waals surface area contributed by atoms with E-state index in [9.17, 15) is 10.1 Å². The van der Waals surface area contributed by atoms with Crippen LogP contribution in [0.5, 0.6) is 0 Å². The molecular formula is C29H24NO3P. The van der Waals surface area contributed by atoms with Crippen LogP contribution >= 0.6 is 7.14 Å². The normalized spacial score (nSPS) is 12.6. The van der Waals surface area contributed by atoms with Crippen molar-refractivity contribution < 1.29 is 9.49 Å². The average molecular weight is 465 g/mol. The molecule has 168 valence electrons. The zero-order chi connectivity index (χ0) is 23.7. The van der Waals surface area contributed by atoms with E-state index in [1.807, 2.05) is 116 Å². The molecule has 1 atom stereocenters. The van der Waals surface area contributed by atoms with E-state index in [1.165, 1.54) is 0 Å². The third-order valence-corrected chi connectivity index (χ3v) is 10.0. The Morgan fingerprint density at radius 2 is 1.18 bits per heavy atom. The Morgan fingerprint density at radius 3 is 1.68 bits per heavy atom. The molecule has 0 amide bonds. The summed E-state index contributed by atoms with van der Waals surface area (Å²) in [5.74, 6) is 0. The maximum atomic E-state index is 15.7. The van der Waals surface area contributed by atoms with Gasteiger partial charge in [0.05, 0.1) is 0 Å². The molecule has 0 heterocycles. The summed E-state index contributed by atoms with van der Waals surface area (Å²) >= 11 is 0. The first-order chi connectivity index (χ1) is 16.5. The molecular weight excluding hydrogens is 441 g/mol. The zero-order valence-corrected chi connectivity index (χ0v) is 19.7. The molecule has 5 aromatic rings. The second kappa shape index (κ2) is 8.89. The maximum Gasteiger partial charge on any atom is 0.218 e. The van der Waals surface area contributed by atoms with Gasteiger partial charge < -0.3 is 4.57 Å². The fourth-order valence-corrected chi connectivity index (χ4v) is 8.45. The van der Waals surface area contributed by atoms with E-state index in [2.05, 4.69) is 0 Å². The van der Waals surface area contributed by atoms with E-state index in [4.69, 9.17) is 0 Å². The number of hydrogen-bond donors (Lipinski definition) is 0. The van der Waals surface area contributed by atoms with Gasteiger partial charge in [0.1, 0.15) is 5.66 Å². The van der Waals surface area contributed by atoms with Crippen molar-refractivity contribution in [3.63, 3.8) is 0 Å². The Labute approximate surface area is 198 Å². The minimum Gasteiger partial charge on any atom is -0.313 e. The highest BCUT2D eigenvalue weighted by Crippen LogP contribution is 2.59. The van der Waals surface area contributed by atoms with Crippen LogP contribution < -0.4 is 10.6 Å². The second-order valence-electron chi connectivity index (χ2n) is 8.60. The lowest BCUT2D eigenvalue weighted by molar-refractivity contribution is -0.480. The van der Waals surface area contributed by atoms with Crippen LogP contribution in [0.4, 0.5) is 0 Å². The van der Waals surface area contributed by atoms with Crippen molar-refractivity contribution >= 4 is 39.3 Å². The summed E-state index contributed by atoms with van der Waals surface area (Å²) in [6.45, 7) is 1.55. The number of hydrogen-bond acceptors (Lipinski definition) is 3.